The van der Waals surface area contributed by atoms with E-state index in [2.05, 4.69) is 15.7 Å². The minimum Gasteiger partial charge on any atom is -0.497 e. The topological polar surface area (TPSA) is 85.3 Å². The molecule has 0 unspecified atom stereocenters. The maximum absolute atomic E-state index is 12.4. The first kappa shape index (κ1) is 17.5. The highest BCUT2D eigenvalue weighted by Crippen LogP contribution is 2.18. The van der Waals surface area contributed by atoms with Crippen molar-refractivity contribution in [3.63, 3.8) is 0 Å². The molecule has 0 aliphatic rings. The van der Waals surface area contributed by atoms with E-state index in [1.807, 2.05) is 13.8 Å². The van der Waals surface area contributed by atoms with Crippen LogP contribution >= 0.6 is 0 Å². The summed E-state index contributed by atoms with van der Waals surface area (Å²) < 4.78 is 6.74. The molecule has 1 heterocycles. The molecule has 0 radical (unpaired) electrons. The molecular weight excluding hydrogens is 308 g/mol. The van der Waals surface area contributed by atoms with E-state index < -0.39 is 0 Å². The van der Waals surface area contributed by atoms with E-state index in [9.17, 15) is 9.59 Å². The van der Waals surface area contributed by atoms with Crippen molar-refractivity contribution in [3.05, 3.63) is 41.7 Å². The standard InChI is InChI=1S/C17H22N4O3/c1-4-9-18-17(23)15-14(11-21(5-2)20-15)19-16(22)12-7-6-8-13(10-12)24-3/h6-8,10-11H,4-5,9H2,1-3H3,(H,18,23)(H,19,22). The number of nitrogens with zero attached hydrogens (tertiary/aromatic N) is 2. The number of ether oxygens (including phenoxy) is 1. The van der Waals surface area contributed by atoms with Gasteiger partial charge in [0.25, 0.3) is 11.8 Å². The van der Waals surface area contributed by atoms with Crippen LogP contribution in [0.25, 0.3) is 0 Å². The Morgan fingerprint density at radius 3 is 2.71 bits per heavy atom. The molecular formula is C17H22N4O3. The van der Waals surface area contributed by atoms with Crippen LogP contribution in [0.1, 0.15) is 41.1 Å². The summed E-state index contributed by atoms with van der Waals surface area (Å²) in [6.45, 7) is 5.04. The van der Waals surface area contributed by atoms with Crippen molar-refractivity contribution in [2.45, 2.75) is 26.8 Å². The Kier molecular flexibility index (Phi) is 5.95. The fourth-order valence-corrected chi connectivity index (χ4v) is 2.12. The number of carbonyl (C=O) groups is 2. The van der Waals surface area contributed by atoms with Crippen LogP contribution < -0.4 is 15.4 Å². The lowest BCUT2D eigenvalue weighted by Gasteiger charge is -2.07. The number of rotatable bonds is 7. The lowest BCUT2D eigenvalue weighted by atomic mass is 10.2. The first-order valence-corrected chi connectivity index (χ1v) is 7.90. The summed E-state index contributed by atoms with van der Waals surface area (Å²) in [5.74, 6) is -0.0353. The average molecular weight is 330 g/mol. The SMILES string of the molecule is CCCNC(=O)c1nn(CC)cc1NC(=O)c1cccc(OC)c1. The second-order valence-corrected chi connectivity index (χ2v) is 5.19. The summed E-state index contributed by atoms with van der Waals surface area (Å²) in [7, 11) is 1.54. The number of anilines is 1. The maximum atomic E-state index is 12.4. The highest BCUT2D eigenvalue weighted by Gasteiger charge is 2.19. The van der Waals surface area contributed by atoms with Crippen molar-refractivity contribution in [2.75, 3.05) is 19.0 Å². The zero-order chi connectivity index (χ0) is 17.5. The molecule has 7 nitrogen and oxygen atoms in total. The van der Waals surface area contributed by atoms with Gasteiger partial charge in [-0.1, -0.05) is 13.0 Å². The molecule has 0 fully saturated rings. The summed E-state index contributed by atoms with van der Waals surface area (Å²) in [5.41, 5.74) is 1.04. The van der Waals surface area contributed by atoms with Gasteiger partial charge in [-0.3, -0.25) is 14.3 Å². The Bertz CT molecular complexity index is 724. The number of aryl methyl sites for hydroxylation is 1. The monoisotopic (exact) mass is 330 g/mol. The van der Waals surface area contributed by atoms with Gasteiger partial charge in [0.05, 0.1) is 12.8 Å². The average Bonchev–Trinajstić information content (AvgIpc) is 3.02. The molecule has 2 amide bonds. The van der Waals surface area contributed by atoms with Crippen molar-refractivity contribution in [2.24, 2.45) is 0 Å². The number of benzene rings is 1. The van der Waals surface area contributed by atoms with Crippen molar-refractivity contribution in [3.8, 4) is 5.75 Å². The van der Waals surface area contributed by atoms with E-state index in [4.69, 9.17) is 4.74 Å². The third-order valence-electron chi connectivity index (χ3n) is 3.42. The Hall–Kier alpha value is -2.83. The van der Waals surface area contributed by atoms with Crippen LogP contribution in [-0.2, 0) is 6.54 Å². The van der Waals surface area contributed by atoms with Gasteiger partial charge in [0.2, 0.25) is 0 Å². The fourth-order valence-electron chi connectivity index (χ4n) is 2.12. The smallest absolute Gasteiger partial charge is 0.273 e. The van der Waals surface area contributed by atoms with E-state index in [1.54, 1.807) is 42.3 Å². The Morgan fingerprint density at radius 2 is 2.04 bits per heavy atom. The number of aromatic nitrogens is 2. The van der Waals surface area contributed by atoms with Gasteiger partial charge in [0.1, 0.15) is 5.75 Å². The van der Waals surface area contributed by atoms with E-state index in [-0.39, 0.29) is 17.5 Å². The van der Waals surface area contributed by atoms with Crippen molar-refractivity contribution < 1.29 is 14.3 Å². The minimum absolute atomic E-state index is 0.210. The Morgan fingerprint density at radius 1 is 1.25 bits per heavy atom. The van der Waals surface area contributed by atoms with Crippen molar-refractivity contribution >= 4 is 17.5 Å². The van der Waals surface area contributed by atoms with Gasteiger partial charge in [-0.15, -0.1) is 0 Å². The molecule has 2 N–H and O–H groups in total. The molecule has 0 spiro atoms. The summed E-state index contributed by atoms with van der Waals surface area (Å²) in [4.78, 5) is 24.6. The second kappa shape index (κ2) is 8.14. The number of hydrogen-bond donors (Lipinski definition) is 2. The van der Waals surface area contributed by atoms with E-state index >= 15 is 0 Å². The molecule has 24 heavy (non-hydrogen) atoms. The predicted molar refractivity (Wildman–Crippen MR) is 91.5 cm³/mol. The number of methoxy groups -OCH3 is 1. The van der Waals surface area contributed by atoms with E-state index in [0.717, 1.165) is 6.42 Å². The van der Waals surface area contributed by atoms with Gasteiger partial charge >= 0.3 is 0 Å². The predicted octanol–water partition coefficient (Wildman–Crippen LogP) is 2.30. The van der Waals surface area contributed by atoms with Gasteiger partial charge in [0.15, 0.2) is 5.69 Å². The lowest BCUT2D eigenvalue weighted by molar-refractivity contribution is 0.0948. The third-order valence-corrected chi connectivity index (χ3v) is 3.42. The van der Waals surface area contributed by atoms with Gasteiger partial charge in [0, 0.05) is 24.8 Å². The number of carbonyl (C=O) groups excluding carboxylic acids is 2. The van der Waals surface area contributed by atoms with Crippen molar-refractivity contribution in [1.82, 2.24) is 15.1 Å². The number of amides is 2. The second-order valence-electron chi connectivity index (χ2n) is 5.19. The van der Waals surface area contributed by atoms with Crippen LogP contribution in [0.5, 0.6) is 5.75 Å². The first-order chi connectivity index (χ1) is 11.6. The van der Waals surface area contributed by atoms with Crippen molar-refractivity contribution in [1.29, 1.82) is 0 Å². The first-order valence-electron chi connectivity index (χ1n) is 7.90. The molecule has 2 rings (SSSR count). The molecule has 0 bridgehead atoms. The van der Waals surface area contributed by atoms with E-state index in [0.29, 0.717) is 30.1 Å². The zero-order valence-electron chi connectivity index (χ0n) is 14.1. The molecule has 2 aromatic rings. The molecule has 0 saturated carbocycles. The summed E-state index contributed by atoms with van der Waals surface area (Å²) in [5, 5.41) is 9.75. The molecule has 0 saturated heterocycles. The maximum Gasteiger partial charge on any atom is 0.273 e. The van der Waals surface area contributed by atoms with Crippen LogP contribution in [0, 0.1) is 0 Å². The quantitative estimate of drug-likeness (QED) is 0.816. The zero-order valence-corrected chi connectivity index (χ0v) is 14.1. The van der Waals surface area contributed by atoms with Gasteiger partial charge in [-0.05, 0) is 31.5 Å². The summed E-state index contributed by atoms with van der Waals surface area (Å²) in [6.07, 6.45) is 2.48. The number of hydrogen-bond acceptors (Lipinski definition) is 4. The lowest BCUT2D eigenvalue weighted by Crippen LogP contribution is -2.26. The largest absolute Gasteiger partial charge is 0.497 e. The van der Waals surface area contributed by atoms with Crippen LogP contribution in [0.15, 0.2) is 30.5 Å². The molecule has 0 atom stereocenters. The number of nitrogens with one attached hydrogen (secondary N) is 2. The van der Waals surface area contributed by atoms with Crippen LogP contribution in [0.2, 0.25) is 0 Å². The highest BCUT2D eigenvalue weighted by atomic mass is 16.5. The fraction of sp³-hybridized carbons (Fsp3) is 0.353. The summed E-state index contributed by atoms with van der Waals surface area (Å²) >= 11 is 0. The normalized spacial score (nSPS) is 10.3. The van der Waals surface area contributed by atoms with Crippen LogP contribution in [0.4, 0.5) is 5.69 Å². The molecule has 7 heteroatoms. The molecule has 1 aromatic carbocycles. The van der Waals surface area contributed by atoms with Crippen LogP contribution in [-0.4, -0.2) is 35.2 Å². The van der Waals surface area contributed by atoms with Gasteiger partial charge < -0.3 is 15.4 Å². The van der Waals surface area contributed by atoms with Gasteiger partial charge in [-0.2, -0.15) is 5.10 Å². The Labute approximate surface area is 141 Å². The minimum atomic E-state index is -0.325. The Balaban J connectivity index is 2.22. The molecule has 0 aliphatic carbocycles. The molecule has 0 aliphatic heterocycles. The molecule has 128 valence electrons. The molecule has 1 aromatic heterocycles. The third kappa shape index (κ3) is 4.13. The van der Waals surface area contributed by atoms with E-state index in [1.165, 1.54) is 0 Å². The summed E-state index contributed by atoms with van der Waals surface area (Å²) in [6, 6.07) is 6.81. The van der Waals surface area contributed by atoms with Gasteiger partial charge in [-0.25, -0.2) is 0 Å². The highest BCUT2D eigenvalue weighted by molar-refractivity contribution is 6.08. The van der Waals surface area contributed by atoms with Crippen LogP contribution in [0.3, 0.4) is 0 Å².